The van der Waals surface area contributed by atoms with E-state index in [1.807, 2.05) is 49.6 Å². The zero-order valence-electron chi connectivity index (χ0n) is 19.4. The Morgan fingerprint density at radius 2 is 1.81 bits per heavy atom. The summed E-state index contributed by atoms with van der Waals surface area (Å²) in [5.41, 5.74) is 4.23. The SMILES string of the molecule is CC(C)c1onc(-c2c(Cl)cccc2Cl)c1COc1ccc(-c2csc3ccc(C(=O)O)cc23)cc1. The molecular formula is C28H21Cl2NO4S. The van der Waals surface area contributed by atoms with E-state index >= 15 is 0 Å². The van der Waals surface area contributed by atoms with Crippen LogP contribution in [0.1, 0.15) is 41.4 Å². The summed E-state index contributed by atoms with van der Waals surface area (Å²) in [6, 6.07) is 18.2. The van der Waals surface area contributed by atoms with Gasteiger partial charge < -0.3 is 14.4 Å². The first-order valence-corrected chi connectivity index (χ1v) is 12.9. The van der Waals surface area contributed by atoms with Gasteiger partial charge in [0.2, 0.25) is 0 Å². The molecular weight excluding hydrogens is 517 g/mol. The third kappa shape index (κ3) is 4.60. The number of halogens is 2. The molecule has 0 spiro atoms. The van der Waals surface area contributed by atoms with Gasteiger partial charge in [0, 0.05) is 27.1 Å². The van der Waals surface area contributed by atoms with Gasteiger partial charge in [-0.3, -0.25) is 0 Å². The molecule has 0 aliphatic heterocycles. The molecule has 0 unspecified atom stereocenters. The highest BCUT2D eigenvalue weighted by molar-refractivity contribution is 7.17. The average Bonchev–Trinajstić information content (AvgIpc) is 3.47. The number of aromatic nitrogens is 1. The van der Waals surface area contributed by atoms with Crippen molar-refractivity contribution in [1.29, 1.82) is 0 Å². The molecule has 3 aromatic carbocycles. The first-order valence-electron chi connectivity index (χ1n) is 11.2. The van der Waals surface area contributed by atoms with Gasteiger partial charge >= 0.3 is 5.97 Å². The number of hydrogen-bond acceptors (Lipinski definition) is 5. The fourth-order valence-corrected chi connectivity index (χ4v) is 5.63. The molecule has 5 rings (SSSR count). The van der Waals surface area contributed by atoms with E-state index in [1.165, 1.54) is 0 Å². The first kappa shape index (κ1) is 24.4. The van der Waals surface area contributed by atoms with Gasteiger partial charge in [-0.1, -0.05) is 60.4 Å². The summed E-state index contributed by atoms with van der Waals surface area (Å²) in [7, 11) is 0. The molecule has 182 valence electrons. The van der Waals surface area contributed by atoms with Crippen molar-refractivity contribution in [3.63, 3.8) is 0 Å². The van der Waals surface area contributed by atoms with Crippen molar-refractivity contribution in [2.45, 2.75) is 26.4 Å². The number of ether oxygens (including phenoxy) is 1. The molecule has 0 radical (unpaired) electrons. The highest BCUT2D eigenvalue weighted by Crippen LogP contribution is 2.39. The molecule has 5 nitrogen and oxygen atoms in total. The van der Waals surface area contributed by atoms with Crippen LogP contribution in [0.4, 0.5) is 0 Å². The monoisotopic (exact) mass is 537 g/mol. The second kappa shape index (κ2) is 9.97. The van der Waals surface area contributed by atoms with E-state index in [-0.39, 0.29) is 18.1 Å². The largest absolute Gasteiger partial charge is 0.489 e. The van der Waals surface area contributed by atoms with Crippen molar-refractivity contribution in [2.24, 2.45) is 0 Å². The maximum atomic E-state index is 11.4. The van der Waals surface area contributed by atoms with Gasteiger partial charge in [-0.05, 0) is 53.4 Å². The molecule has 1 N–H and O–H groups in total. The summed E-state index contributed by atoms with van der Waals surface area (Å²) < 4.78 is 12.8. The fraction of sp³-hybridized carbons (Fsp3) is 0.143. The summed E-state index contributed by atoms with van der Waals surface area (Å²) in [6.45, 7) is 4.28. The van der Waals surface area contributed by atoms with Gasteiger partial charge in [-0.15, -0.1) is 11.3 Å². The fourth-order valence-electron chi connectivity index (χ4n) is 4.11. The first-order chi connectivity index (χ1) is 17.3. The molecule has 0 atom stereocenters. The molecule has 0 aliphatic rings. The van der Waals surface area contributed by atoms with Crippen molar-refractivity contribution in [3.05, 3.63) is 93.0 Å². The van der Waals surface area contributed by atoms with E-state index in [9.17, 15) is 9.90 Å². The summed E-state index contributed by atoms with van der Waals surface area (Å²) >= 11 is 14.5. The molecule has 2 aromatic heterocycles. The number of carboxylic acid groups (broad SMARTS) is 1. The highest BCUT2D eigenvalue weighted by atomic mass is 35.5. The van der Waals surface area contributed by atoms with Gasteiger partial charge in [0.15, 0.2) is 0 Å². The molecule has 8 heteroatoms. The normalized spacial score (nSPS) is 11.4. The van der Waals surface area contributed by atoms with E-state index in [4.69, 9.17) is 32.5 Å². The third-order valence-corrected chi connectivity index (χ3v) is 7.50. The Morgan fingerprint density at radius 1 is 1.08 bits per heavy atom. The predicted octanol–water partition coefficient (Wildman–Crippen LogP) is 8.93. The number of fused-ring (bicyclic) bond motifs is 1. The summed E-state index contributed by atoms with van der Waals surface area (Å²) in [5, 5.41) is 17.6. The maximum absolute atomic E-state index is 11.4. The van der Waals surface area contributed by atoms with Crippen LogP contribution in [0, 0.1) is 0 Å². The van der Waals surface area contributed by atoms with Crippen molar-refractivity contribution in [3.8, 4) is 28.1 Å². The van der Waals surface area contributed by atoms with E-state index in [2.05, 4.69) is 5.16 Å². The quantitative estimate of drug-likeness (QED) is 0.224. The lowest BCUT2D eigenvalue weighted by Crippen LogP contribution is -2.01. The second-order valence-corrected chi connectivity index (χ2v) is 10.3. The lowest BCUT2D eigenvalue weighted by molar-refractivity contribution is 0.0697. The molecule has 36 heavy (non-hydrogen) atoms. The minimum Gasteiger partial charge on any atom is -0.489 e. The smallest absolute Gasteiger partial charge is 0.335 e. The predicted molar refractivity (Wildman–Crippen MR) is 145 cm³/mol. The number of benzene rings is 3. The number of thiophene rings is 1. The molecule has 0 aliphatic carbocycles. The molecule has 0 saturated heterocycles. The van der Waals surface area contributed by atoms with Crippen LogP contribution in [-0.2, 0) is 6.61 Å². The second-order valence-electron chi connectivity index (χ2n) is 8.60. The number of nitrogens with zero attached hydrogens (tertiary/aromatic N) is 1. The Labute approximate surface area is 221 Å². The molecule has 2 heterocycles. The number of carbonyl (C=O) groups is 1. The molecule has 0 saturated carbocycles. The number of carboxylic acids is 1. The maximum Gasteiger partial charge on any atom is 0.335 e. The van der Waals surface area contributed by atoms with Crippen molar-refractivity contribution in [2.75, 3.05) is 0 Å². The Morgan fingerprint density at radius 3 is 2.47 bits per heavy atom. The van der Waals surface area contributed by atoms with E-state index in [0.29, 0.717) is 27.1 Å². The molecule has 0 fully saturated rings. The number of rotatable bonds is 7. The third-order valence-electron chi connectivity index (χ3n) is 5.91. The van der Waals surface area contributed by atoms with Crippen molar-refractivity contribution in [1.82, 2.24) is 5.16 Å². The van der Waals surface area contributed by atoms with Gasteiger partial charge in [-0.2, -0.15) is 0 Å². The van der Waals surface area contributed by atoms with Crippen LogP contribution >= 0.6 is 34.5 Å². The minimum atomic E-state index is -0.940. The lowest BCUT2D eigenvalue weighted by Gasteiger charge is -2.11. The lowest BCUT2D eigenvalue weighted by atomic mass is 10.0. The van der Waals surface area contributed by atoms with Crippen LogP contribution < -0.4 is 4.74 Å². The zero-order valence-corrected chi connectivity index (χ0v) is 21.7. The van der Waals surface area contributed by atoms with E-state index in [0.717, 1.165) is 32.5 Å². The summed E-state index contributed by atoms with van der Waals surface area (Å²) in [4.78, 5) is 11.4. The van der Waals surface area contributed by atoms with Crippen molar-refractivity contribution >= 4 is 50.6 Å². The van der Waals surface area contributed by atoms with Crippen LogP contribution in [0.25, 0.3) is 32.5 Å². The minimum absolute atomic E-state index is 0.0936. The van der Waals surface area contributed by atoms with Crippen LogP contribution in [-0.4, -0.2) is 16.2 Å². The van der Waals surface area contributed by atoms with Crippen LogP contribution in [0.3, 0.4) is 0 Å². The van der Waals surface area contributed by atoms with Crippen LogP contribution in [0.5, 0.6) is 5.75 Å². The van der Waals surface area contributed by atoms with Crippen LogP contribution in [0.15, 0.2) is 70.6 Å². The molecule has 0 amide bonds. The Kier molecular flexibility index (Phi) is 6.75. The Bertz CT molecular complexity index is 1550. The Balaban J connectivity index is 1.42. The molecule has 5 aromatic rings. The van der Waals surface area contributed by atoms with Crippen LogP contribution in [0.2, 0.25) is 10.0 Å². The van der Waals surface area contributed by atoms with Gasteiger partial charge in [0.25, 0.3) is 0 Å². The summed E-state index contributed by atoms with van der Waals surface area (Å²) in [5.74, 6) is 0.550. The Hall–Kier alpha value is -3.32. The highest BCUT2D eigenvalue weighted by Gasteiger charge is 2.24. The van der Waals surface area contributed by atoms with Gasteiger partial charge in [0.1, 0.15) is 23.8 Å². The van der Waals surface area contributed by atoms with E-state index < -0.39 is 5.97 Å². The van der Waals surface area contributed by atoms with Gasteiger partial charge in [0.05, 0.1) is 21.2 Å². The average molecular weight is 538 g/mol. The number of hydrogen-bond donors (Lipinski definition) is 1. The topological polar surface area (TPSA) is 72.6 Å². The zero-order chi connectivity index (χ0) is 25.4. The summed E-state index contributed by atoms with van der Waals surface area (Å²) in [6.07, 6.45) is 0. The number of aromatic carboxylic acids is 1. The van der Waals surface area contributed by atoms with Gasteiger partial charge in [-0.25, -0.2) is 4.79 Å². The molecule has 0 bridgehead atoms. The van der Waals surface area contributed by atoms with Crippen molar-refractivity contribution < 1.29 is 19.2 Å². The van der Waals surface area contributed by atoms with E-state index in [1.54, 1.807) is 41.7 Å². The standard InChI is InChI=1S/C28H21Cl2NO4S/c1-15(2)27-20(26(31-35-27)25-22(29)4-3-5-23(25)30)13-34-18-9-6-16(7-10-18)21-14-36-24-11-8-17(28(32)33)12-19(21)24/h3-12,14-15H,13H2,1-2H3,(H,32,33).